The topological polar surface area (TPSA) is 66.5 Å². The fraction of sp³-hybridized carbons (Fsp3) is 0.385. The molecular formula is C13H16N2O3S. The lowest BCUT2D eigenvalue weighted by atomic mass is 10.2. The number of imide groups is 1. The van der Waals surface area contributed by atoms with Crippen molar-refractivity contribution >= 4 is 28.3 Å². The highest BCUT2D eigenvalue weighted by Gasteiger charge is 2.38. The summed E-state index contributed by atoms with van der Waals surface area (Å²) >= 11 is 0. The highest BCUT2D eigenvalue weighted by atomic mass is 32.2. The highest BCUT2D eigenvalue weighted by Crippen LogP contribution is 2.22. The fourth-order valence-electron chi connectivity index (χ4n) is 2.02. The van der Waals surface area contributed by atoms with E-state index in [4.69, 9.17) is 0 Å². The van der Waals surface area contributed by atoms with Gasteiger partial charge in [-0.3, -0.25) is 13.8 Å². The summed E-state index contributed by atoms with van der Waals surface area (Å²) in [6.07, 6.45) is 1.77. The van der Waals surface area contributed by atoms with Crippen LogP contribution in [-0.2, 0) is 20.4 Å². The van der Waals surface area contributed by atoms with Crippen molar-refractivity contribution in [2.75, 3.05) is 23.5 Å². The summed E-state index contributed by atoms with van der Waals surface area (Å²) in [5.74, 6) is 0.0351. The Bertz CT molecular complexity index is 504. The summed E-state index contributed by atoms with van der Waals surface area (Å²) in [5, 5.41) is 2.99. The Labute approximate surface area is 114 Å². The first-order valence-corrected chi connectivity index (χ1v) is 7.77. The number of benzene rings is 1. The van der Waals surface area contributed by atoms with Crippen LogP contribution in [0, 0.1) is 0 Å². The van der Waals surface area contributed by atoms with Crippen LogP contribution in [0.3, 0.4) is 0 Å². The molecule has 1 fully saturated rings. The van der Waals surface area contributed by atoms with Gasteiger partial charge in [0.25, 0.3) is 5.91 Å². The van der Waals surface area contributed by atoms with Crippen molar-refractivity contribution in [2.45, 2.75) is 12.5 Å². The van der Waals surface area contributed by atoms with E-state index < -0.39 is 16.8 Å². The zero-order valence-corrected chi connectivity index (χ0v) is 11.5. The normalized spacial score (nSPS) is 20.9. The number of amides is 2. The molecule has 6 heteroatoms. The second kappa shape index (κ2) is 6.08. The van der Waals surface area contributed by atoms with E-state index in [1.165, 1.54) is 4.90 Å². The molecule has 1 aromatic carbocycles. The number of hydrogen-bond donors (Lipinski definition) is 1. The molecule has 0 saturated carbocycles. The van der Waals surface area contributed by atoms with E-state index in [1.54, 1.807) is 30.5 Å². The Morgan fingerprint density at radius 3 is 2.63 bits per heavy atom. The van der Waals surface area contributed by atoms with Gasteiger partial charge in [0.05, 0.1) is 18.2 Å². The lowest BCUT2D eigenvalue weighted by Crippen LogP contribution is -2.40. The average molecular weight is 280 g/mol. The zero-order valence-electron chi connectivity index (χ0n) is 10.7. The Morgan fingerprint density at radius 2 is 2.00 bits per heavy atom. The molecule has 2 unspecified atom stereocenters. The zero-order chi connectivity index (χ0) is 13.8. The van der Waals surface area contributed by atoms with Gasteiger partial charge in [-0.25, -0.2) is 4.90 Å². The first-order chi connectivity index (χ1) is 9.09. The highest BCUT2D eigenvalue weighted by molar-refractivity contribution is 7.84. The SMILES string of the molecule is CS(=O)CCNC1CC(=O)N(c2ccccc2)C1=O. The lowest BCUT2D eigenvalue weighted by Gasteiger charge is -2.15. The van der Waals surface area contributed by atoms with Crippen molar-refractivity contribution in [3.8, 4) is 0 Å². The van der Waals surface area contributed by atoms with Crippen LogP contribution in [0.5, 0.6) is 0 Å². The molecule has 19 heavy (non-hydrogen) atoms. The van der Waals surface area contributed by atoms with E-state index in [0.29, 0.717) is 18.0 Å². The summed E-state index contributed by atoms with van der Waals surface area (Å²) in [6.45, 7) is 0.468. The Balaban J connectivity index is 2.03. The molecule has 2 amide bonds. The van der Waals surface area contributed by atoms with Crippen molar-refractivity contribution < 1.29 is 13.8 Å². The van der Waals surface area contributed by atoms with E-state index in [2.05, 4.69) is 5.32 Å². The van der Waals surface area contributed by atoms with Gasteiger partial charge in [0, 0.05) is 29.4 Å². The van der Waals surface area contributed by atoms with Crippen LogP contribution < -0.4 is 10.2 Å². The van der Waals surface area contributed by atoms with Crippen molar-refractivity contribution in [1.82, 2.24) is 5.32 Å². The summed E-state index contributed by atoms with van der Waals surface area (Å²) in [4.78, 5) is 25.3. The van der Waals surface area contributed by atoms with Gasteiger partial charge >= 0.3 is 0 Å². The number of carbonyl (C=O) groups is 2. The third kappa shape index (κ3) is 3.27. The second-order valence-electron chi connectivity index (χ2n) is 4.39. The Morgan fingerprint density at radius 1 is 1.32 bits per heavy atom. The molecule has 0 spiro atoms. The van der Waals surface area contributed by atoms with E-state index in [0.717, 1.165) is 0 Å². The van der Waals surface area contributed by atoms with Gasteiger partial charge in [-0.1, -0.05) is 18.2 Å². The van der Waals surface area contributed by atoms with Gasteiger partial charge in [-0.2, -0.15) is 0 Å². The number of rotatable bonds is 5. The van der Waals surface area contributed by atoms with E-state index in [-0.39, 0.29) is 18.2 Å². The van der Waals surface area contributed by atoms with Gasteiger partial charge < -0.3 is 5.32 Å². The standard InChI is InChI=1S/C13H16N2O3S/c1-19(18)8-7-14-11-9-12(16)15(13(11)17)10-5-3-2-4-6-10/h2-6,11,14H,7-9H2,1H3. The number of para-hydroxylation sites is 1. The van der Waals surface area contributed by atoms with Crippen LogP contribution in [0.1, 0.15) is 6.42 Å². The largest absolute Gasteiger partial charge is 0.304 e. The van der Waals surface area contributed by atoms with Gasteiger partial charge in [0.15, 0.2) is 0 Å². The minimum absolute atomic E-state index is 0.157. The van der Waals surface area contributed by atoms with Crippen molar-refractivity contribution in [1.29, 1.82) is 0 Å². The lowest BCUT2D eigenvalue weighted by molar-refractivity contribution is -0.121. The molecule has 0 aromatic heterocycles. The molecule has 1 saturated heterocycles. The molecule has 2 rings (SSSR count). The van der Waals surface area contributed by atoms with Gasteiger partial charge in [0.2, 0.25) is 5.91 Å². The van der Waals surface area contributed by atoms with Crippen LogP contribution >= 0.6 is 0 Å². The van der Waals surface area contributed by atoms with Crippen molar-refractivity contribution in [3.63, 3.8) is 0 Å². The van der Waals surface area contributed by atoms with E-state index in [1.807, 2.05) is 6.07 Å². The summed E-state index contributed by atoms with van der Waals surface area (Å²) in [5.41, 5.74) is 0.598. The predicted octanol–water partition coefficient (Wildman–Crippen LogP) is 0.287. The maximum atomic E-state index is 12.2. The number of carbonyl (C=O) groups excluding carboxylic acids is 2. The third-order valence-electron chi connectivity index (χ3n) is 2.94. The van der Waals surface area contributed by atoms with Gasteiger partial charge in [0.1, 0.15) is 0 Å². The van der Waals surface area contributed by atoms with Crippen LogP contribution in [-0.4, -0.2) is 40.6 Å². The molecule has 1 heterocycles. The first kappa shape index (κ1) is 13.9. The van der Waals surface area contributed by atoms with Crippen LogP contribution in [0.15, 0.2) is 30.3 Å². The minimum Gasteiger partial charge on any atom is -0.304 e. The maximum Gasteiger partial charge on any atom is 0.251 e. The molecule has 102 valence electrons. The van der Waals surface area contributed by atoms with Crippen LogP contribution in [0.25, 0.3) is 0 Å². The van der Waals surface area contributed by atoms with Crippen LogP contribution in [0.2, 0.25) is 0 Å². The smallest absolute Gasteiger partial charge is 0.251 e. The third-order valence-corrected chi connectivity index (χ3v) is 3.72. The summed E-state index contributed by atoms with van der Waals surface area (Å²) in [6, 6.07) is 8.38. The minimum atomic E-state index is -0.903. The first-order valence-electron chi connectivity index (χ1n) is 6.05. The number of anilines is 1. The van der Waals surface area contributed by atoms with Gasteiger partial charge in [-0.05, 0) is 12.1 Å². The molecule has 1 aromatic rings. The monoisotopic (exact) mass is 280 g/mol. The van der Waals surface area contributed by atoms with Crippen molar-refractivity contribution in [2.24, 2.45) is 0 Å². The molecule has 0 bridgehead atoms. The van der Waals surface area contributed by atoms with E-state index in [9.17, 15) is 13.8 Å². The number of hydrogen-bond acceptors (Lipinski definition) is 4. The maximum absolute atomic E-state index is 12.2. The summed E-state index contributed by atoms with van der Waals surface area (Å²) < 4.78 is 11.0. The quantitative estimate of drug-likeness (QED) is 0.787. The van der Waals surface area contributed by atoms with Gasteiger partial charge in [-0.15, -0.1) is 0 Å². The molecule has 1 N–H and O–H groups in total. The molecule has 0 radical (unpaired) electrons. The molecule has 0 aliphatic carbocycles. The number of nitrogens with one attached hydrogen (secondary N) is 1. The average Bonchev–Trinajstić information content (AvgIpc) is 2.65. The predicted molar refractivity (Wildman–Crippen MR) is 74.3 cm³/mol. The summed E-state index contributed by atoms with van der Waals surface area (Å²) in [7, 11) is -0.903. The molecule has 2 atom stereocenters. The number of nitrogens with zero attached hydrogens (tertiary/aromatic N) is 1. The van der Waals surface area contributed by atoms with Crippen molar-refractivity contribution in [3.05, 3.63) is 30.3 Å². The fourth-order valence-corrected chi connectivity index (χ4v) is 2.42. The molecule has 1 aliphatic rings. The Kier molecular flexibility index (Phi) is 4.44. The van der Waals surface area contributed by atoms with E-state index >= 15 is 0 Å². The Hall–Kier alpha value is -1.53. The second-order valence-corrected chi connectivity index (χ2v) is 5.95. The molecule has 5 nitrogen and oxygen atoms in total. The molecule has 1 aliphatic heterocycles. The molecular weight excluding hydrogens is 264 g/mol. The van der Waals surface area contributed by atoms with Crippen LogP contribution in [0.4, 0.5) is 5.69 Å².